The Hall–Kier alpha value is -2.22. The van der Waals surface area contributed by atoms with E-state index in [1.54, 1.807) is 18.5 Å². The number of nitrogens with two attached hydrogens (primary N) is 1. The van der Waals surface area contributed by atoms with Crippen LogP contribution in [-0.2, 0) is 0 Å². The second-order valence-electron chi connectivity index (χ2n) is 3.97. The maximum atomic E-state index is 11.0. The lowest BCUT2D eigenvalue weighted by molar-refractivity contribution is -0.383. The van der Waals surface area contributed by atoms with Crippen LogP contribution in [0.2, 0.25) is 0 Å². The Bertz CT molecular complexity index is 645. The van der Waals surface area contributed by atoms with Gasteiger partial charge in [-0.2, -0.15) is 0 Å². The number of hydrogen-bond acceptors (Lipinski definition) is 6. The minimum atomic E-state index is -0.516. The predicted octanol–water partition coefficient (Wildman–Crippen LogP) is 2.83. The molecule has 0 amide bonds. The average Bonchev–Trinajstić information content (AvgIpc) is 2.42. The molecule has 0 bridgehead atoms. The van der Waals surface area contributed by atoms with Crippen LogP contribution in [0.15, 0.2) is 29.0 Å². The van der Waals surface area contributed by atoms with E-state index in [4.69, 9.17) is 5.73 Å². The van der Waals surface area contributed by atoms with Gasteiger partial charge in [0.15, 0.2) is 0 Å². The summed E-state index contributed by atoms with van der Waals surface area (Å²) >= 11 is 3.22. The van der Waals surface area contributed by atoms with Crippen molar-refractivity contribution in [3.05, 3.63) is 39.1 Å². The zero-order valence-electron chi connectivity index (χ0n) is 10.6. The number of benzene rings is 1. The van der Waals surface area contributed by atoms with Crippen molar-refractivity contribution >= 4 is 33.3 Å². The van der Waals surface area contributed by atoms with E-state index in [2.05, 4.69) is 31.2 Å². The lowest BCUT2D eigenvalue weighted by Crippen LogP contribution is -2.01. The number of nitrogen functional groups attached to an aromatic ring is 1. The monoisotopic (exact) mass is 337 g/mol. The van der Waals surface area contributed by atoms with E-state index in [1.165, 1.54) is 6.07 Å². The van der Waals surface area contributed by atoms with E-state index in [9.17, 15) is 10.1 Å². The van der Waals surface area contributed by atoms with E-state index >= 15 is 0 Å². The normalized spacial score (nSPS) is 10.3. The molecule has 1 heterocycles. The number of nitro benzene ring substituents is 1. The molecule has 1 aromatic heterocycles. The van der Waals surface area contributed by atoms with Crippen LogP contribution < -0.4 is 11.1 Å². The molecule has 20 heavy (non-hydrogen) atoms. The third-order valence-electron chi connectivity index (χ3n) is 2.62. The number of nitrogens with zero attached hydrogens (tertiary/aromatic N) is 3. The molecule has 104 valence electrons. The minimum Gasteiger partial charge on any atom is -0.392 e. The Kier molecular flexibility index (Phi) is 4.14. The molecule has 3 N–H and O–H groups in total. The molecule has 7 nitrogen and oxygen atoms in total. The van der Waals surface area contributed by atoms with Crippen molar-refractivity contribution in [1.82, 2.24) is 9.97 Å². The first kappa shape index (κ1) is 14.2. The van der Waals surface area contributed by atoms with Gasteiger partial charge in [0.25, 0.3) is 5.69 Å². The first-order valence-electron chi connectivity index (χ1n) is 5.82. The van der Waals surface area contributed by atoms with Crippen molar-refractivity contribution in [1.29, 1.82) is 0 Å². The fourth-order valence-electron chi connectivity index (χ4n) is 1.65. The Labute approximate surface area is 123 Å². The van der Waals surface area contributed by atoms with Crippen molar-refractivity contribution in [2.24, 2.45) is 0 Å². The van der Waals surface area contributed by atoms with E-state index in [1.807, 2.05) is 6.92 Å². The van der Waals surface area contributed by atoms with Crippen molar-refractivity contribution < 1.29 is 4.92 Å². The minimum absolute atomic E-state index is 0.101. The van der Waals surface area contributed by atoms with Crippen molar-refractivity contribution in [2.45, 2.75) is 6.92 Å². The Morgan fingerprint density at radius 1 is 1.35 bits per heavy atom. The van der Waals surface area contributed by atoms with Gasteiger partial charge in [0.2, 0.25) is 5.95 Å². The Balaban J connectivity index is 2.44. The molecule has 0 fully saturated rings. The lowest BCUT2D eigenvalue weighted by Gasteiger charge is -2.06. The predicted molar refractivity (Wildman–Crippen MR) is 80.4 cm³/mol. The number of anilines is 2. The summed E-state index contributed by atoms with van der Waals surface area (Å²) in [5, 5.41) is 13.9. The molecule has 0 unspecified atom stereocenters. The van der Waals surface area contributed by atoms with Gasteiger partial charge < -0.3 is 11.1 Å². The van der Waals surface area contributed by atoms with Crippen LogP contribution in [-0.4, -0.2) is 21.4 Å². The standard InChI is InChI=1S/C12H12BrN5O2/c1-2-15-12-16-5-8(6-17-12)7-3-9(13)11(14)10(4-7)18(19)20/h3-6H,2,14H2,1H3,(H,15,16,17). The van der Waals surface area contributed by atoms with Crippen LogP contribution in [0.3, 0.4) is 0 Å². The third-order valence-corrected chi connectivity index (χ3v) is 3.28. The molecule has 8 heteroatoms. The van der Waals surface area contributed by atoms with E-state index in [-0.39, 0.29) is 11.4 Å². The second kappa shape index (κ2) is 5.83. The van der Waals surface area contributed by atoms with Gasteiger partial charge in [0.05, 0.1) is 4.92 Å². The average molecular weight is 338 g/mol. The summed E-state index contributed by atoms with van der Waals surface area (Å²) in [5.74, 6) is 0.514. The largest absolute Gasteiger partial charge is 0.392 e. The van der Waals surface area contributed by atoms with Gasteiger partial charge >= 0.3 is 0 Å². The van der Waals surface area contributed by atoms with Gasteiger partial charge in [-0.25, -0.2) is 9.97 Å². The maximum Gasteiger partial charge on any atom is 0.293 e. The summed E-state index contributed by atoms with van der Waals surface area (Å²) in [7, 11) is 0. The molecular formula is C12H12BrN5O2. The molecular weight excluding hydrogens is 326 g/mol. The van der Waals surface area contributed by atoms with E-state index in [0.29, 0.717) is 21.5 Å². The quantitative estimate of drug-likeness (QED) is 0.504. The van der Waals surface area contributed by atoms with Crippen molar-refractivity contribution in [3.63, 3.8) is 0 Å². The molecule has 0 atom stereocenters. The van der Waals surface area contributed by atoms with Crippen LogP contribution in [0, 0.1) is 10.1 Å². The summed E-state index contributed by atoms with van der Waals surface area (Å²) in [6, 6.07) is 3.11. The van der Waals surface area contributed by atoms with Crippen molar-refractivity contribution in [2.75, 3.05) is 17.6 Å². The highest BCUT2D eigenvalue weighted by atomic mass is 79.9. The number of hydrogen-bond donors (Lipinski definition) is 2. The molecule has 0 spiro atoms. The molecule has 2 aromatic rings. The smallest absolute Gasteiger partial charge is 0.293 e. The highest BCUT2D eigenvalue weighted by molar-refractivity contribution is 9.10. The summed E-state index contributed by atoms with van der Waals surface area (Å²) in [5.41, 5.74) is 6.92. The fraction of sp³-hybridized carbons (Fsp3) is 0.167. The lowest BCUT2D eigenvalue weighted by atomic mass is 10.1. The van der Waals surface area contributed by atoms with E-state index in [0.717, 1.165) is 6.54 Å². The van der Waals surface area contributed by atoms with Gasteiger partial charge in [-0.05, 0) is 34.5 Å². The van der Waals surface area contributed by atoms with Crippen molar-refractivity contribution in [3.8, 4) is 11.1 Å². The van der Waals surface area contributed by atoms with Gasteiger partial charge in [0.1, 0.15) is 5.69 Å². The molecule has 0 aliphatic rings. The fourth-order valence-corrected chi connectivity index (χ4v) is 2.10. The zero-order chi connectivity index (χ0) is 14.7. The third kappa shape index (κ3) is 2.85. The number of aromatic nitrogens is 2. The van der Waals surface area contributed by atoms with Gasteiger partial charge in [-0.3, -0.25) is 10.1 Å². The molecule has 0 saturated carbocycles. The van der Waals surface area contributed by atoms with Gasteiger partial charge in [-0.1, -0.05) is 0 Å². The number of rotatable bonds is 4. The van der Waals surface area contributed by atoms with E-state index < -0.39 is 4.92 Å². The Morgan fingerprint density at radius 3 is 2.55 bits per heavy atom. The SMILES string of the molecule is CCNc1ncc(-c2cc(Br)c(N)c([N+](=O)[O-])c2)cn1. The summed E-state index contributed by atoms with van der Waals surface area (Å²) in [4.78, 5) is 18.7. The zero-order valence-corrected chi connectivity index (χ0v) is 12.2. The van der Waals surface area contributed by atoms with Gasteiger partial charge in [-0.15, -0.1) is 0 Å². The second-order valence-corrected chi connectivity index (χ2v) is 4.83. The molecule has 1 aromatic carbocycles. The first-order valence-corrected chi connectivity index (χ1v) is 6.62. The number of nitro groups is 1. The highest BCUT2D eigenvalue weighted by Gasteiger charge is 2.17. The first-order chi connectivity index (χ1) is 9.52. The molecule has 2 rings (SSSR count). The number of halogens is 1. The summed E-state index contributed by atoms with van der Waals surface area (Å²) in [6.45, 7) is 2.66. The molecule has 0 aliphatic heterocycles. The molecule has 0 saturated heterocycles. The topological polar surface area (TPSA) is 107 Å². The van der Waals surface area contributed by atoms with Crippen LogP contribution >= 0.6 is 15.9 Å². The number of nitrogens with one attached hydrogen (secondary N) is 1. The van der Waals surface area contributed by atoms with Crippen LogP contribution in [0.4, 0.5) is 17.3 Å². The van der Waals surface area contributed by atoms with Gasteiger partial charge in [0, 0.05) is 35.0 Å². The van der Waals surface area contributed by atoms with Crippen LogP contribution in [0.1, 0.15) is 6.92 Å². The highest BCUT2D eigenvalue weighted by Crippen LogP contribution is 2.35. The molecule has 0 radical (unpaired) electrons. The molecule has 0 aliphatic carbocycles. The van der Waals surface area contributed by atoms with Crippen LogP contribution in [0.5, 0.6) is 0 Å². The maximum absolute atomic E-state index is 11.0. The Morgan fingerprint density at radius 2 is 2.00 bits per heavy atom. The van der Waals surface area contributed by atoms with Crippen LogP contribution in [0.25, 0.3) is 11.1 Å². The summed E-state index contributed by atoms with van der Waals surface area (Å²) < 4.78 is 0.470. The summed E-state index contributed by atoms with van der Waals surface area (Å²) in [6.07, 6.45) is 3.21.